The van der Waals surface area contributed by atoms with Gasteiger partial charge in [0.25, 0.3) is 0 Å². The maximum absolute atomic E-state index is 12.0. The molecule has 0 spiro atoms. The molecule has 12 heteroatoms. The van der Waals surface area contributed by atoms with Gasteiger partial charge in [0.1, 0.15) is 6.04 Å². The molecule has 1 aromatic rings. The first kappa shape index (κ1) is 29.0. The maximum atomic E-state index is 12.0. The zero-order valence-corrected chi connectivity index (χ0v) is 17.7. The van der Waals surface area contributed by atoms with Crippen molar-refractivity contribution in [3.8, 4) is 0 Å². The molecule has 162 valence electrons. The van der Waals surface area contributed by atoms with E-state index in [0.29, 0.717) is 30.5 Å². The first-order chi connectivity index (χ1) is 12.1. The number of nitrogens with two attached hydrogens (primary N) is 2. The van der Waals surface area contributed by atoms with E-state index in [1.165, 1.54) is 12.1 Å². The third-order valence-corrected chi connectivity index (χ3v) is 4.55. The molecular formula is C16H28Cl2N3O6P. The fourth-order valence-electron chi connectivity index (χ4n) is 2.37. The topological polar surface area (TPSA) is 176 Å². The van der Waals surface area contributed by atoms with Crippen LogP contribution in [0.2, 0.25) is 0 Å². The molecule has 0 heterocycles. The number of benzene rings is 1. The molecular weight excluding hydrogens is 432 g/mol. The van der Waals surface area contributed by atoms with E-state index in [-0.39, 0.29) is 37.4 Å². The van der Waals surface area contributed by atoms with Crippen molar-refractivity contribution in [2.45, 2.75) is 43.9 Å². The van der Waals surface area contributed by atoms with E-state index in [1.807, 2.05) is 0 Å². The lowest BCUT2D eigenvalue weighted by molar-refractivity contribution is -0.142. The Morgan fingerprint density at radius 2 is 1.61 bits per heavy atom. The minimum absolute atomic E-state index is 0. The van der Waals surface area contributed by atoms with E-state index in [9.17, 15) is 19.3 Å². The third kappa shape index (κ3) is 11.6. The predicted molar refractivity (Wildman–Crippen MR) is 111 cm³/mol. The van der Waals surface area contributed by atoms with Gasteiger partial charge < -0.3 is 31.7 Å². The molecule has 1 aromatic carbocycles. The van der Waals surface area contributed by atoms with Gasteiger partial charge in [-0.25, -0.2) is 4.79 Å². The average Bonchev–Trinajstić information content (AvgIpc) is 2.54. The Labute approximate surface area is 176 Å². The Hall–Kier alpha value is -1.19. The summed E-state index contributed by atoms with van der Waals surface area (Å²) in [5.41, 5.74) is 12.2. The quantitative estimate of drug-likeness (QED) is 0.207. The Bertz CT molecular complexity index is 656. The van der Waals surface area contributed by atoms with Crippen molar-refractivity contribution < 1.29 is 29.0 Å². The third-order valence-electron chi connectivity index (χ3n) is 3.77. The normalized spacial score (nSPS) is 12.9. The molecule has 0 aromatic heterocycles. The molecule has 0 saturated heterocycles. The molecule has 1 rings (SSSR count). The fourth-order valence-corrected chi connectivity index (χ4v) is 3.06. The zero-order valence-electron chi connectivity index (χ0n) is 15.2. The molecule has 0 radical (unpaired) electrons. The van der Waals surface area contributed by atoms with Crippen LogP contribution in [0.4, 0.5) is 0 Å². The molecule has 28 heavy (non-hydrogen) atoms. The van der Waals surface area contributed by atoms with Gasteiger partial charge in [0.05, 0.1) is 12.2 Å². The molecule has 0 saturated carbocycles. The standard InChI is InChI=1S/C16H26N3O6P.2ClH/c17-8-2-1-3-13(18)15(20)19-14(16(21)22)9-11-4-6-12(7-5-11)10-26(23,24)25;;/h4-7,13-14H,1-3,8-10,17-18H2,(H,19,20)(H,21,22)(H2,23,24,25);2*1H. The van der Waals surface area contributed by atoms with Crippen LogP contribution in [-0.2, 0) is 26.7 Å². The van der Waals surface area contributed by atoms with Crippen LogP contribution in [0.25, 0.3) is 0 Å². The van der Waals surface area contributed by atoms with Crippen LogP contribution < -0.4 is 16.8 Å². The lowest BCUT2D eigenvalue weighted by Crippen LogP contribution is -2.49. The van der Waals surface area contributed by atoms with Gasteiger partial charge in [0.15, 0.2) is 0 Å². The summed E-state index contributed by atoms with van der Waals surface area (Å²) in [5, 5.41) is 11.7. The van der Waals surface area contributed by atoms with E-state index in [2.05, 4.69) is 5.32 Å². The van der Waals surface area contributed by atoms with E-state index in [4.69, 9.17) is 21.3 Å². The second kappa shape index (κ2) is 13.9. The smallest absolute Gasteiger partial charge is 0.329 e. The van der Waals surface area contributed by atoms with Crippen LogP contribution >= 0.6 is 32.4 Å². The molecule has 1 amide bonds. The van der Waals surface area contributed by atoms with E-state index < -0.39 is 31.6 Å². The largest absolute Gasteiger partial charge is 0.480 e. The second-order valence-corrected chi connectivity index (χ2v) is 7.78. The monoisotopic (exact) mass is 459 g/mol. The molecule has 9 nitrogen and oxygen atoms in total. The summed E-state index contributed by atoms with van der Waals surface area (Å²) >= 11 is 0. The van der Waals surface area contributed by atoms with Crippen molar-refractivity contribution in [3.63, 3.8) is 0 Å². The number of amides is 1. The summed E-state index contributed by atoms with van der Waals surface area (Å²) in [6.07, 6.45) is 1.50. The summed E-state index contributed by atoms with van der Waals surface area (Å²) in [6, 6.07) is 4.26. The molecule has 0 bridgehead atoms. The number of hydrogen-bond donors (Lipinski definition) is 6. The van der Waals surface area contributed by atoms with Gasteiger partial charge in [-0.15, -0.1) is 24.8 Å². The average molecular weight is 460 g/mol. The Morgan fingerprint density at radius 3 is 2.07 bits per heavy atom. The number of aliphatic carboxylic acids is 1. The highest BCUT2D eigenvalue weighted by atomic mass is 35.5. The van der Waals surface area contributed by atoms with E-state index >= 15 is 0 Å². The predicted octanol–water partition coefficient (Wildman–Crippen LogP) is 0.776. The Morgan fingerprint density at radius 1 is 1.07 bits per heavy atom. The Kier molecular flexibility index (Phi) is 14.4. The van der Waals surface area contributed by atoms with E-state index in [1.54, 1.807) is 12.1 Å². The molecule has 2 atom stereocenters. The number of halogens is 2. The number of unbranched alkanes of at least 4 members (excludes halogenated alkanes) is 1. The van der Waals surface area contributed by atoms with Crippen LogP contribution in [0.15, 0.2) is 24.3 Å². The summed E-state index contributed by atoms with van der Waals surface area (Å²) in [6.45, 7) is 0.504. The second-order valence-electron chi connectivity index (χ2n) is 6.13. The van der Waals surface area contributed by atoms with Crippen LogP contribution in [0.5, 0.6) is 0 Å². The van der Waals surface area contributed by atoms with Crippen molar-refractivity contribution in [2.24, 2.45) is 11.5 Å². The van der Waals surface area contributed by atoms with Crippen molar-refractivity contribution in [2.75, 3.05) is 6.54 Å². The number of nitrogens with one attached hydrogen (secondary N) is 1. The van der Waals surface area contributed by atoms with Crippen LogP contribution in [0.3, 0.4) is 0 Å². The number of carbonyl (C=O) groups is 2. The summed E-state index contributed by atoms with van der Waals surface area (Å²) in [7, 11) is -4.16. The molecule has 8 N–H and O–H groups in total. The lowest BCUT2D eigenvalue weighted by atomic mass is 10.0. The Balaban J connectivity index is 0. The van der Waals surface area contributed by atoms with Crippen molar-refractivity contribution in [1.82, 2.24) is 5.32 Å². The first-order valence-corrected chi connectivity index (χ1v) is 10.0. The first-order valence-electron chi connectivity index (χ1n) is 8.23. The number of carboxylic acid groups (broad SMARTS) is 1. The molecule has 2 unspecified atom stereocenters. The van der Waals surface area contributed by atoms with Gasteiger partial charge >= 0.3 is 13.6 Å². The number of carboxylic acids is 1. The van der Waals surface area contributed by atoms with Crippen LogP contribution in [-0.4, -0.2) is 45.4 Å². The number of carbonyl (C=O) groups excluding carboxylic acids is 1. The summed E-state index contributed by atoms with van der Waals surface area (Å²) in [5.74, 6) is -1.72. The van der Waals surface area contributed by atoms with Gasteiger partial charge in [-0.2, -0.15) is 0 Å². The molecule has 0 aliphatic heterocycles. The van der Waals surface area contributed by atoms with Gasteiger partial charge in [-0.1, -0.05) is 30.7 Å². The minimum Gasteiger partial charge on any atom is -0.480 e. The van der Waals surface area contributed by atoms with Gasteiger partial charge in [-0.3, -0.25) is 9.36 Å². The molecule has 0 aliphatic rings. The SMILES string of the molecule is Cl.Cl.NCCCCC(N)C(=O)NC(Cc1ccc(CP(=O)(O)O)cc1)C(=O)O. The molecule has 0 aliphatic carbocycles. The zero-order chi connectivity index (χ0) is 19.7. The van der Waals surface area contributed by atoms with Crippen LogP contribution in [0.1, 0.15) is 30.4 Å². The fraction of sp³-hybridized carbons (Fsp3) is 0.500. The summed E-state index contributed by atoms with van der Waals surface area (Å²) in [4.78, 5) is 41.3. The highest BCUT2D eigenvalue weighted by Crippen LogP contribution is 2.38. The van der Waals surface area contributed by atoms with Crippen molar-refractivity contribution in [3.05, 3.63) is 35.4 Å². The van der Waals surface area contributed by atoms with Gasteiger partial charge in [-0.05, 0) is 30.5 Å². The summed E-state index contributed by atoms with van der Waals surface area (Å²) < 4.78 is 11.0. The van der Waals surface area contributed by atoms with Gasteiger partial charge in [0, 0.05) is 6.42 Å². The number of rotatable bonds is 11. The van der Waals surface area contributed by atoms with Gasteiger partial charge in [0.2, 0.25) is 5.91 Å². The minimum atomic E-state index is -4.16. The van der Waals surface area contributed by atoms with Crippen molar-refractivity contribution in [1.29, 1.82) is 0 Å². The van der Waals surface area contributed by atoms with E-state index in [0.717, 1.165) is 6.42 Å². The maximum Gasteiger partial charge on any atom is 0.329 e. The highest BCUT2D eigenvalue weighted by Gasteiger charge is 2.23. The lowest BCUT2D eigenvalue weighted by Gasteiger charge is -2.18. The molecule has 0 fully saturated rings. The number of hydrogen-bond acceptors (Lipinski definition) is 5. The van der Waals surface area contributed by atoms with Crippen molar-refractivity contribution >= 4 is 44.3 Å². The highest BCUT2D eigenvalue weighted by molar-refractivity contribution is 7.50. The van der Waals surface area contributed by atoms with Crippen LogP contribution in [0, 0.1) is 0 Å².